The van der Waals surface area contributed by atoms with E-state index in [0.717, 1.165) is 22.7 Å². The largest absolute Gasteiger partial charge is 0.309 e. The smallest absolute Gasteiger partial charge is 0.0562 e. The lowest BCUT2D eigenvalue weighted by molar-refractivity contribution is 1.16. The first kappa shape index (κ1) is 84.9. The maximum absolute atomic E-state index is 2.43. The molecule has 0 spiro atoms. The molecule has 8 heteroatoms. The summed E-state index contributed by atoms with van der Waals surface area (Å²) in [6.45, 7) is 0. The van der Waals surface area contributed by atoms with Crippen LogP contribution in [0.2, 0.25) is 0 Å². The number of aromatic nitrogens is 7. The Kier molecular flexibility index (Phi) is 20.7. The number of hydrogen-bond donors (Lipinski definition) is 0. The van der Waals surface area contributed by atoms with Gasteiger partial charge in [-0.1, -0.05) is 376 Å². The van der Waals surface area contributed by atoms with Gasteiger partial charge in [-0.05, 0) is 220 Å². The van der Waals surface area contributed by atoms with Gasteiger partial charge in [-0.2, -0.15) is 0 Å². The maximum atomic E-state index is 2.43. The number of hydrogen-bond acceptors (Lipinski definition) is 1. The van der Waals surface area contributed by atoms with E-state index in [1.807, 2.05) is 11.3 Å². The van der Waals surface area contributed by atoms with Crippen molar-refractivity contribution in [3.05, 3.63) is 552 Å². The van der Waals surface area contributed by atoms with Crippen LogP contribution in [0.25, 0.3) is 257 Å². The van der Waals surface area contributed by atoms with Crippen LogP contribution in [0.3, 0.4) is 0 Å². The summed E-state index contributed by atoms with van der Waals surface area (Å²) < 4.78 is 19.6. The Morgan fingerprint density at radius 3 is 0.644 bits per heavy atom. The summed E-state index contributed by atoms with van der Waals surface area (Å²) >= 11 is 1.90. The summed E-state index contributed by atoms with van der Waals surface area (Å²) in [7, 11) is 0. The molecule has 0 radical (unpaired) electrons. The van der Waals surface area contributed by atoms with Gasteiger partial charge >= 0.3 is 0 Å². The SMILES string of the molecule is c1ccc(-c2ccc(-n3c4ccccc4c4cc5c6ccccc6n(-c6ccc(-c7ccccc7)cc6)c5cc43)cc2)cc1.c1ccc(-c2cccc(-n3c4ccccc4c4cc5c6ccccc6n(-c6cccc(-c7ccccc7)c6)c5cc43)c2)cc1.c1ccc(-n2c3ccccc3c3c4sc5ccccc5c4ccc32)cc1.c1ccc(-n2c3ccccc3c3cc4c5ccccc5n(-c5ccccc5)c4cc32)cc1. The van der Waals surface area contributed by atoms with Gasteiger partial charge in [-0.25, -0.2) is 0 Å². The first-order chi connectivity index (χ1) is 72.5. The third-order valence-electron chi connectivity index (χ3n) is 29.5. The molecule has 0 saturated heterocycles. The van der Waals surface area contributed by atoms with Crippen molar-refractivity contribution in [2.24, 2.45) is 0 Å². The highest BCUT2D eigenvalue weighted by molar-refractivity contribution is 7.26. The molecule has 146 heavy (non-hydrogen) atoms. The third kappa shape index (κ3) is 14.3. The Morgan fingerprint density at radius 1 is 0.110 bits per heavy atom. The summed E-state index contributed by atoms with van der Waals surface area (Å²) in [4.78, 5) is 0. The highest BCUT2D eigenvalue weighted by Gasteiger charge is 2.26. The molecule has 0 aliphatic rings. The van der Waals surface area contributed by atoms with Gasteiger partial charge in [0.2, 0.25) is 0 Å². The fourth-order valence-electron chi connectivity index (χ4n) is 23.0. The lowest BCUT2D eigenvalue weighted by atomic mass is 10.1. The van der Waals surface area contributed by atoms with E-state index in [2.05, 4.69) is 584 Å². The van der Waals surface area contributed by atoms with E-state index in [-0.39, 0.29) is 0 Å². The van der Waals surface area contributed by atoms with Crippen molar-refractivity contribution in [3.63, 3.8) is 0 Å². The molecule has 23 aromatic carbocycles. The van der Waals surface area contributed by atoms with Crippen LogP contribution in [0.5, 0.6) is 0 Å². The van der Waals surface area contributed by atoms with Crippen molar-refractivity contribution in [1.82, 2.24) is 32.0 Å². The number of nitrogens with zero attached hydrogens (tertiary/aromatic N) is 7. The fourth-order valence-corrected chi connectivity index (χ4v) is 24.2. The number of rotatable bonds is 11. The minimum absolute atomic E-state index is 1.16. The fraction of sp³-hybridized carbons (Fsp3) is 0. The van der Waals surface area contributed by atoms with Crippen LogP contribution >= 0.6 is 11.3 Å². The van der Waals surface area contributed by atoms with Crippen molar-refractivity contribution in [3.8, 4) is 84.3 Å². The van der Waals surface area contributed by atoms with Crippen LogP contribution in [0.1, 0.15) is 0 Å². The van der Waals surface area contributed by atoms with Crippen LogP contribution in [-0.4, -0.2) is 32.0 Å². The second-order valence-electron chi connectivity index (χ2n) is 37.7. The molecule has 8 aromatic heterocycles. The topological polar surface area (TPSA) is 34.5 Å². The zero-order valence-corrected chi connectivity index (χ0v) is 80.4. The minimum atomic E-state index is 1.16. The summed E-state index contributed by atoms with van der Waals surface area (Å²) in [5.74, 6) is 0. The van der Waals surface area contributed by atoms with Crippen molar-refractivity contribution < 1.29 is 0 Å². The van der Waals surface area contributed by atoms with E-state index in [1.165, 1.54) is 234 Å². The Labute approximate surface area is 846 Å². The van der Waals surface area contributed by atoms with Crippen LogP contribution in [0.4, 0.5) is 0 Å². The van der Waals surface area contributed by atoms with E-state index in [9.17, 15) is 0 Å². The van der Waals surface area contributed by atoms with Crippen molar-refractivity contribution in [2.45, 2.75) is 0 Å². The standard InChI is InChI=1S/2C42H28N2.C30H20N2.C24H15NS/c1-3-13-29(14-4-1)31-17-11-19-33(25-31)43-39-23-9-7-21-35(39)37-27-38-36-22-8-10-24-40(36)44(42(38)28-41(37)43)34-20-12-18-32(26-34)30-15-5-2-6-16-30;1-3-11-29(12-4-1)31-19-23-33(24-20-31)43-39-17-9-7-15-35(39)37-27-38-36-16-8-10-18-40(36)44(42(38)28-41(37)43)34-25-21-32(22-26-34)30-13-5-2-6-14-30;1-3-11-21(12-4-1)31-27-17-9-7-15-23(27)25-19-26-24-16-8-10-18-28(24)32(30(26)20-29(25)31)22-13-5-2-6-14-22;1-2-8-16(9-3-1)25-20-12-6-4-11-19(20)23-21(25)15-14-18-17-10-5-7-13-22(17)26-24(18)23/h2*1-28H;1-20H;1-15H. The van der Waals surface area contributed by atoms with Crippen LogP contribution in [0.15, 0.2) is 552 Å². The lowest BCUT2D eigenvalue weighted by Gasteiger charge is -2.12. The van der Waals surface area contributed by atoms with Gasteiger partial charge in [0.05, 0.1) is 77.2 Å². The number of para-hydroxylation sites is 10. The van der Waals surface area contributed by atoms with E-state index >= 15 is 0 Å². The molecular formula is C138H91N7S. The molecule has 0 amide bonds. The second kappa shape index (κ2) is 35.6. The van der Waals surface area contributed by atoms with Gasteiger partial charge in [0, 0.05) is 135 Å². The Morgan fingerprint density at radius 2 is 0.329 bits per heavy atom. The number of fused-ring (bicyclic) bond motifs is 25. The van der Waals surface area contributed by atoms with Crippen molar-refractivity contribution in [2.75, 3.05) is 0 Å². The van der Waals surface area contributed by atoms with Gasteiger partial charge in [0.1, 0.15) is 0 Å². The first-order valence-electron chi connectivity index (χ1n) is 50.0. The van der Waals surface area contributed by atoms with E-state index in [1.54, 1.807) is 0 Å². The predicted octanol–water partition coefficient (Wildman–Crippen LogP) is 37.5. The van der Waals surface area contributed by atoms with Crippen LogP contribution in [-0.2, 0) is 0 Å². The summed E-state index contributed by atoms with van der Waals surface area (Å²) in [5.41, 5.74) is 35.1. The second-order valence-corrected chi connectivity index (χ2v) is 38.8. The first-order valence-corrected chi connectivity index (χ1v) is 50.8. The zero-order chi connectivity index (χ0) is 96.2. The molecule has 0 fully saturated rings. The number of thiophene rings is 1. The molecule has 0 bridgehead atoms. The highest BCUT2D eigenvalue weighted by Crippen LogP contribution is 2.48. The normalized spacial score (nSPS) is 11.7. The van der Waals surface area contributed by atoms with Crippen LogP contribution in [0, 0.1) is 0 Å². The summed E-state index contributed by atoms with van der Waals surface area (Å²) in [5, 5.41) is 20.6. The Hall–Kier alpha value is -19.1. The average Bonchev–Trinajstić information content (AvgIpc) is 1.56. The monoisotopic (exact) mass is 1880 g/mol. The molecule has 0 N–H and O–H groups in total. The van der Waals surface area contributed by atoms with E-state index < -0.39 is 0 Å². The van der Waals surface area contributed by atoms with Gasteiger partial charge < -0.3 is 32.0 Å². The quantitative estimate of drug-likeness (QED) is 0.124. The summed E-state index contributed by atoms with van der Waals surface area (Å²) in [6.07, 6.45) is 0. The summed E-state index contributed by atoms with van der Waals surface area (Å²) in [6, 6.07) is 199. The number of benzene rings is 23. The average molecular weight is 1880 g/mol. The molecule has 684 valence electrons. The van der Waals surface area contributed by atoms with Gasteiger partial charge in [-0.3, -0.25) is 0 Å². The molecular weight excluding hydrogens is 1790 g/mol. The third-order valence-corrected chi connectivity index (χ3v) is 30.7. The zero-order valence-electron chi connectivity index (χ0n) is 79.6. The van der Waals surface area contributed by atoms with Gasteiger partial charge in [0.15, 0.2) is 0 Å². The Bertz CT molecular complexity index is 9990. The van der Waals surface area contributed by atoms with E-state index in [4.69, 9.17) is 0 Å². The molecule has 0 unspecified atom stereocenters. The predicted molar refractivity (Wildman–Crippen MR) is 621 cm³/mol. The minimum Gasteiger partial charge on any atom is -0.309 e. The highest BCUT2D eigenvalue weighted by atomic mass is 32.1. The molecule has 7 nitrogen and oxygen atoms in total. The maximum Gasteiger partial charge on any atom is 0.0562 e. The van der Waals surface area contributed by atoms with Gasteiger partial charge in [-0.15, -0.1) is 11.3 Å². The van der Waals surface area contributed by atoms with E-state index in [0.29, 0.717) is 0 Å². The molecule has 31 rings (SSSR count). The van der Waals surface area contributed by atoms with Gasteiger partial charge in [0.25, 0.3) is 0 Å². The molecule has 0 aliphatic heterocycles. The molecule has 0 aliphatic carbocycles. The van der Waals surface area contributed by atoms with Crippen molar-refractivity contribution >= 4 is 184 Å². The lowest BCUT2D eigenvalue weighted by Crippen LogP contribution is -1.96. The Balaban J connectivity index is 0.0000000961. The molecule has 0 saturated carbocycles. The molecule has 8 heterocycles. The molecule has 0 atom stereocenters. The molecule has 31 aromatic rings. The van der Waals surface area contributed by atoms with Crippen LogP contribution < -0.4 is 0 Å². The van der Waals surface area contributed by atoms with Crippen molar-refractivity contribution in [1.29, 1.82) is 0 Å².